The van der Waals surface area contributed by atoms with Gasteiger partial charge in [-0.15, -0.1) is 0 Å². The molecule has 0 fully saturated rings. The third kappa shape index (κ3) is 13.4. The van der Waals surface area contributed by atoms with Crippen LogP contribution < -0.4 is 83.2 Å². The standard InChI is InChI=1S/CH19N15/c1-3-5-7-9-11-13-15-16-14-12-10-8-6-4-2/h3-16H,2H2,1H3. The normalized spacial score (nSPS) is 10.9. The lowest BCUT2D eigenvalue weighted by Gasteiger charge is -2.13. The smallest absolute Gasteiger partial charge is 0.000111 e. The highest BCUT2D eigenvalue weighted by Gasteiger charge is 1.81. The highest BCUT2D eigenvalue weighted by molar-refractivity contribution is 4.16. The van der Waals surface area contributed by atoms with Gasteiger partial charge in [0.1, 0.15) is 0 Å². The summed E-state index contributed by atoms with van der Waals surface area (Å²) in [5.74, 6) is 4.88. The van der Waals surface area contributed by atoms with Crippen LogP contribution >= 0.6 is 0 Å². The molecule has 15 heteroatoms. The molecule has 0 atom stereocenters. The molecule has 0 aliphatic rings. The van der Waals surface area contributed by atoms with Crippen molar-refractivity contribution in [3.8, 4) is 0 Å². The van der Waals surface area contributed by atoms with Gasteiger partial charge in [0.2, 0.25) is 0 Å². The van der Waals surface area contributed by atoms with E-state index < -0.39 is 0 Å². The van der Waals surface area contributed by atoms with Crippen molar-refractivity contribution in [2.75, 3.05) is 7.05 Å². The first-order chi connectivity index (χ1) is 7.91. The summed E-state index contributed by atoms with van der Waals surface area (Å²) in [6, 6.07) is 0. The molecule has 0 amide bonds. The van der Waals surface area contributed by atoms with Gasteiger partial charge < -0.3 is 0 Å². The Labute approximate surface area is 91.4 Å². The predicted molar refractivity (Wildman–Crippen MR) is 54.0 cm³/mol. The van der Waals surface area contributed by atoms with Crippen LogP contribution in [0.2, 0.25) is 0 Å². The second-order valence-electron chi connectivity index (χ2n) is 1.89. The van der Waals surface area contributed by atoms with Crippen LogP contribution in [0.15, 0.2) is 0 Å². The summed E-state index contributed by atoms with van der Waals surface area (Å²) in [7, 11) is 1.70. The van der Waals surface area contributed by atoms with Gasteiger partial charge in [0.15, 0.2) is 0 Å². The van der Waals surface area contributed by atoms with Gasteiger partial charge >= 0.3 is 0 Å². The predicted octanol–water partition coefficient (Wildman–Crippen LogP) is -7.36. The fourth-order valence-corrected chi connectivity index (χ4v) is 0.411. The van der Waals surface area contributed by atoms with Crippen LogP contribution in [0.25, 0.3) is 0 Å². The monoisotopic (exact) mass is 241 g/mol. The fraction of sp³-hybridized carbons (Fsp3) is 1.00. The molecular formula is CH19N15. The molecule has 0 radical (unpaired) electrons. The van der Waals surface area contributed by atoms with Gasteiger partial charge in [-0.1, -0.05) is 0 Å². The number of hydrogen-bond donors (Lipinski definition) is 15. The van der Waals surface area contributed by atoms with Gasteiger partial charge in [-0.25, -0.2) is 5.43 Å². The van der Waals surface area contributed by atoms with Crippen LogP contribution in [-0.2, 0) is 0 Å². The highest BCUT2D eigenvalue weighted by atomic mass is 16.0. The second kappa shape index (κ2) is 14.4. The first kappa shape index (κ1) is 15.4. The molecule has 0 aromatic heterocycles. The van der Waals surface area contributed by atoms with Crippen molar-refractivity contribution in [1.29, 1.82) is 0 Å². The van der Waals surface area contributed by atoms with E-state index in [1.54, 1.807) is 7.05 Å². The summed E-state index contributed by atoms with van der Waals surface area (Å²) >= 11 is 0. The van der Waals surface area contributed by atoms with Crippen molar-refractivity contribution in [3.05, 3.63) is 0 Å². The van der Waals surface area contributed by atoms with Gasteiger partial charge in [-0.05, 0) is 7.05 Å². The quantitative estimate of drug-likeness (QED) is 0.0824. The molecule has 0 spiro atoms. The third-order valence-corrected chi connectivity index (χ3v) is 0.885. The molecule has 16 heavy (non-hydrogen) atoms. The van der Waals surface area contributed by atoms with Crippen molar-refractivity contribution >= 4 is 0 Å². The Morgan fingerprint density at radius 2 is 0.812 bits per heavy atom. The first-order valence-corrected chi connectivity index (χ1v) is 4.04. The molecule has 16 N–H and O–H groups in total. The maximum atomic E-state index is 4.88. The van der Waals surface area contributed by atoms with E-state index in [1.165, 1.54) is 0 Å². The van der Waals surface area contributed by atoms with Gasteiger partial charge in [-0.2, -0.15) is 72.0 Å². The molecule has 0 saturated heterocycles. The van der Waals surface area contributed by atoms with Gasteiger partial charge in [-0.3, -0.25) is 5.84 Å². The van der Waals surface area contributed by atoms with E-state index >= 15 is 0 Å². The van der Waals surface area contributed by atoms with Crippen molar-refractivity contribution in [2.45, 2.75) is 0 Å². The molecule has 0 aliphatic carbocycles. The Morgan fingerprint density at radius 1 is 0.500 bits per heavy atom. The van der Waals surface area contributed by atoms with E-state index in [0.29, 0.717) is 0 Å². The maximum absolute atomic E-state index is 4.88. The molecule has 0 aliphatic heterocycles. The van der Waals surface area contributed by atoms with Crippen LogP contribution in [0.1, 0.15) is 0 Å². The molecule has 0 heterocycles. The van der Waals surface area contributed by atoms with Gasteiger partial charge in [0, 0.05) is 0 Å². The summed E-state index contributed by atoms with van der Waals surface area (Å²) in [5.41, 5.74) is 34.4. The van der Waals surface area contributed by atoms with Crippen molar-refractivity contribution in [1.82, 2.24) is 77.4 Å². The number of hydrogen-bond acceptors (Lipinski definition) is 15. The van der Waals surface area contributed by atoms with Crippen LogP contribution in [0.5, 0.6) is 0 Å². The molecule has 0 aromatic rings. The van der Waals surface area contributed by atoms with Crippen LogP contribution in [0, 0.1) is 0 Å². The Balaban J connectivity index is 2.83. The Morgan fingerprint density at radius 3 is 1.12 bits per heavy atom. The fourth-order valence-electron chi connectivity index (χ4n) is 0.411. The molecule has 0 aromatic carbocycles. The molecular weight excluding hydrogens is 222 g/mol. The van der Waals surface area contributed by atoms with Crippen molar-refractivity contribution < 1.29 is 0 Å². The maximum Gasteiger partial charge on any atom is -0.000111 e. The molecule has 15 nitrogen and oxygen atoms in total. The lowest BCUT2D eigenvalue weighted by Crippen LogP contribution is -2.67. The van der Waals surface area contributed by atoms with Crippen LogP contribution in [-0.4, -0.2) is 7.05 Å². The topological polar surface area (TPSA) is 194 Å². The summed E-state index contributed by atoms with van der Waals surface area (Å²) in [6.07, 6.45) is 0. The van der Waals surface area contributed by atoms with E-state index in [1.807, 2.05) is 0 Å². The minimum atomic E-state index is 1.70. The number of rotatable bonds is 13. The molecule has 0 rings (SSSR count). The van der Waals surface area contributed by atoms with E-state index in [0.717, 1.165) is 0 Å². The zero-order valence-electron chi connectivity index (χ0n) is 8.58. The molecule has 98 valence electrons. The van der Waals surface area contributed by atoms with Gasteiger partial charge in [0.05, 0.1) is 0 Å². The summed E-state index contributed by atoms with van der Waals surface area (Å²) in [6.45, 7) is 0. The largest absolute Gasteiger partial charge is 0.257 e. The zero-order valence-corrected chi connectivity index (χ0v) is 8.58. The summed E-state index contributed by atoms with van der Waals surface area (Å²) < 4.78 is 0. The highest BCUT2D eigenvalue weighted by Crippen LogP contribution is 1.27. The molecule has 0 unspecified atom stereocenters. The van der Waals surface area contributed by atoms with Gasteiger partial charge in [0.25, 0.3) is 0 Å². The van der Waals surface area contributed by atoms with E-state index in [2.05, 4.69) is 77.4 Å². The van der Waals surface area contributed by atoms with E-state index in [9.17, 15) is 0 Å². The first-order valence-electron chi connectivity index (χ1n) is 4.04. The minimum absolute atomic E-state index is 1.70. The minimum Gasteiger partial charge on any atom is -0.257 e. The van der Waals surface area contributed by atoms with Crippen molar-refractivity contribution in [2.24, 2.45) is 5.84 Å². The average Bonchev–Trinajstić information content (AvgIpc) is 2.31. The van der Waals surface area contributed by atoms with Crippen LogP contribution in [0.3, 0.4) is 0 Å². The molecule has 0 bridgehead atoms. The SMILES string of the molecule is CNNNNNNNNNNNNNNN. The Hall–Kier alpha value is -0.600. The van der Waals surface area contributed by atoms with Crippen molar-refractivity contribution in [3.63, 3.8) is 0 Å². The number of hydrazine groups is 14. The van der Waals surface area contributed by atoms with E-state index in [4.69, 9.17) is 5.84 Å². The Bertz CT molecular complexity index is 98.0. The average molecular weight is 241 g/mol. The third-order valence-electron chi connectivity index (χ3n) is 0.885. The lowest BCUT2D eigenvalue weighted by atomic mass is 11.5. The lowest BCUT2D eigenvalue weighted by molar-refractivity contribution is 0.210. The van der Waals surface area contributed by atoms with E-state index in [-0.39, 0.29) is 0 Å². The summed E-state index contributed by atoms with van der Waals surface area (Å²) in [4.78, 5) is 0. The number of nitrogens with one attached hydrogen (secondary N) is 14. The van der Waals surface area contributed by atoms with Crippen LogP contribution in [0.4, 0.5) is 0 Å². The Kier molecular flexibility index (Phi) is 13.9. The summed E-state index contributed by atoms with van der Waals surface area (Å²) in [5, 5.41) is 0. The number of nitrogens with two attached hydrogens (primary N) is 1. The zero-order chi connectivity index (χ0) is 11.9. The molecule has 0 saturated carbocycles. The second-order valence-corrected chi connectivity index (χ2v) is 1.89.